The van der Waals surface area contributed by atoms with Gasteiger partial charge in [0.1, 0.15) is 11.0 Å². The molecule has 3 N–H and O–H groups in total. The molecular formula is C23H30FN3O4. The van der Waals surface area contributed by atoms with E-state index in [1.165, 1.54) is 12.4 Å². The van der Waals surface area contributed by atoms with E-state index in [4.69, 9.17) is 0 Å². The number of hydrogen-bond donors (Lipinski definition) is 3. The summed E-state index contributed by atoms with van der Waals surface area (Å²) in [5, 5.41) is 23.2. The van der Waals surface area contributed by atoms with Gasteiger partial charge in [0.2, 0.25) is 0 Å². The first kappa shape index (κ1) is 27.5. The van der Waals surface area contributed by atoms with Crippen LogP contribution in [0.15, 0.2) is 48.3 Å². The first-order chi connectivity index (χ1) is 15.1. The second-order valence-electron chi connectivity index (χ2n) is 5.34. The Morgan fingerprint density at radius 1 is 1.06 bits per heavy atom. The molecule has 0 spiro atoms. The Kier molecular flexibility index (Phi) is 13.6. The van der Waals surface area contributed by atoms with Crippen molar-refractivity contribution in [1.29, 1.82) is 0 Å². The second kappa shape index (κ2) is 15.3. The minimum Gasteiger partial charge on any atom is -0.505 e. The highest BCUT2D eigenvalue weighted by molar-refractivity contribution is 6.11. The zero-order valence-electron chi connectivity index (χ0n) is 18.5. The number of allylic oxidation sites excluding steroid dienone is 4. The van der Waals surface area contributed by atoms with Gasteiger partial charge in [0.15, 0.2) is 17.8 Å². The number of nitrogens with one attached hydrogen (secondary N) is 1. The molecule has 0 aliphatic heterocycles. The van der Waals surface area contributed by atoms with E-state index in [0.29, 0.717) is 13.5 Å². The van der Waals surface area contributed by atoms with Crippen molar-refractivity contribution in [3.8, 4) is 11.5 Å². The molecule has 0 fully saturated rings. The molecule has 0 unspecified atom stereocenters. The molecule has 1 aliphatic rings. The molecule has 8 heteroatoms. The van der Waals surface area contributed by atoms with Gasteiger partial charge in [-0.3, -0.25) is 14.0 Å². The van der Waals surface area contributed by atoms with Crippen molar-refractivity contribution in [2.24, 2.45) is 0 Å². The number of aldehydes is 1. The number of amides is 1. The molecule has 0 radical (unpaired) electrons. The molecule has 1 amide bonds. The van der Waals surface area contributed by atoms with Crippen molar-refractivity contribution >= 4 is 23.2 Å². The lowest BCUT2D eigenvalue weighted by Crippen LogP contribution is -2.26. The zero-order valence-corrected chi connectivity index (χ0v) is 18.5. The van der Waals surface area contributed by atoms with Crippen molar-refractivity contribution in [1.82, 2.24) is 15.3 Å². The second-order valence-corrected chi connectivity index (χ2v) is 5.34. The summed E-state index contributed by atoms with van der Waals surface area (Å²) in [6.07, 6.45) is 13.2. The van der Waals surface area contributed by atoms with Gasteiger partial charge in [0.25, 0.3) is 5.91 Å². The van der Waals surface area contributed by atoms with Crippen molar-refractivity contribution in [2.45, 2.75) is 34.1 Å². The highest BCUT2D eigenvalue weighted by Gasteiger charge is 2.25. The fourth-order valence-electron chi connectivity index (χ4n) is 2.55. The van der Waals surface area contributed by atoms with E-state index in [2.05, 4.69) is 15.3 Å². The fraction of sp³-hybridized carbons (Fsp3) is 0.304. The summed E-state index contributed by atoms with van der Waals surface area (Å²) in [5.74, 6) is -1.67. The molecule has 168 valence electrons. The van der Waals surface area contributed by atoms with Crippen LogP contribution in [0.5, 0.6) is 11.5 Å². The summed E-state index contributed by atoms with van der Waals surface area (Å²) < 4.78 is 9.50. The highest BCUT2D eigenvalue weighted by Crippen LogP contribution is 2.36. The third-order valence-corrected chi connectivity index (χ3v) is 3.78. The standard InChI is InChI=1S/C18H15N3O4.2C2H6.CH3F/c22-10-12-13(17(24)15-14(16(12)23)19-7-8-20-15)18(25)21-9-11-5-3-1-2-4-6-11;3*1-2/h1-3,5-8,10,23-24H,4,9H2,(H,21,25);2*1-2H3;1H3. The van der Waals surface area contributed by atoms with E-state index >= 15 is 0 Å². The van der Waals surface area contributed by atoms with E-state index in [1.54, 1.807) is 0 Å². The van der Waals surface area contributed by atoms with Crippen molar-refractivity contribution in [3.63, 3.8) is 0 Å². The topological polar surface area (TPSA) is 112 Å². The molecule has 1 heterocycles. The van der Waals surface area contributed by atoms with Crippen LogP contribution >= 0.6 is 0 Å². The van der Waals surface area contributed by atoms with Gasteiger partial charge in [0.05, 0.1) is 18.3 Å². The Bertz CT molecular complexity index is 953. The molecule has 1 aliphatic carbocycles. The quantitative estimate of drug-likeness (QED) is 0.479. The van der Waals surface area contributed by atoms with Gasteiger partial charge in [0, 0.05) is 18.9 Å². The number of carbonyl (C=O) groups is 2. The fourth-order valence-corrected chi connectivity index (χ4v) is 2.55. The van der Waals surface area contributed by atoms with Gasteiger partial charge < -0.3 is 15.5 Å². The van der Waals surface area contributed by atoms with Gasteiger partial charge in [-0.05, 0) is 12.0 Å². The predicted octanol–water partition coefficient (Wildman–Crippen LogP) is 4.66. The van der Waals surface area contributed by atoms with Crippen molar-refractivity contribution in [3.05, 3.63) is 59.5 Å². The summed E-state index contributed by atoms with van der Waals surface area (Å²) >= 11 is 0. The lowest BCUT2D eigenvalue weighted by atomic mass is 10.0. The molecule has 0 saturated carbocycles. The SMILES string of the molecule is CC.CC.CF.O=Cc1c(C(=O)NCC2=CCC=CC=C2)c(O)c2nccnc2c1O. The number of rotatable bonds is 4. The minimum atomic E-state index is -0.686. The number of nitrogens with zero attached hydrogens (tertiary/aromatic N) is 2. The normalized spacial score (nSPS) is 11.4. The summed E-state index contributed by atoms with van der Waals surface area (Å²) in [6.45, 7) is 8.22. The van der Waals surface area contributed by atoms with E-state index in [-0.39, 0.29) is 28.7 Å². The van der Waals surface area contributed by atoms with Crippen LogP contribution in [0.3, 0.4) is 0 Å². The van der Waals surface area contributed by atoms with Gasteiger partial charge in [-0.25, -0.2) is 9.97 Å². The largest absolute Gasteiger partial charge is 0.505 e. The summed E-state index contributed by atoms with van der Waals surface area (Å²) in [4.78, 5) is 31.7. The third kappa shape index (κ3) is 7.02. The highest BCUT2D eigenvalue weighted by atomic mass is 19.1. The molecule has 0 bridgehead atoms. The van der Waals surface area contributed by atoms with Gasteiger partial charge in [-0.1, -0.05) is 58.1 Å². The Balaban J connectivity index is 0.00000138. The number of phenolic OH excluding ortho intramolecular Hbond substituents is 2. The Labute approximate surface area is 182 Å². The summed E-state index contributed by atoms with van der Waals surface area (Å²) in [5.41, 5.74) is 0.148. The number of benzene rings is 1. The monoisotopic (exact) mass is 431 g/mol. The summed E-state index contributed by atoms with van der Waals surface area (Å²) in [7, 11) is 0.500. The first-order valence-electron chi connectivity index (χ1n) is 9.95. The number of carbonyl (C=O) groups excluding carboxylic acids is 2. The maximum absolute atomic E-state index is 12.5. The molecule has 2 aromatic rings. The number of aromatic hydroxyl groups is 2. The molecular weight excluding hydrogens is 401 g/mol. The lowest BCUT2D eigenvalue weighted by Gasteiger charge is -2.12. The molecule has 1 aromatic carbocycles. The first-order valence-corrected chi connectivity index (χ1v) is 9.95. The molecule has 0 saturated heterocycles. The van der Waals surface area contributed by atoms with E-state index in [9.17, 15) is 24.2 Å². The maximum Gasteiger partial charge on any atom is 0.256 e. The molecule has 7 nitrogen and oxygen atoms in total. The van der Waals surface area contributed by atoms with Crippen LogP contribution < -0.4 is 5.32 Å². The number of fused-ring (bicyclic) bond motifs is 1. The van der Waals surface area contributed by atoms with E-state index < -0.39 is 17.4 Å². The Hall–Kier alpha value is -3.55. The maximum atomic E-state index is 12.5. The Morgan fingerprint density at radius 2 is 1.65 bits per heavy atom. The molecule has 31 heavy (non-hydrogen) atoms. The predicted molar refractivity (Wildman–Crippen MR) is 121 cm³/mol. The van der Waals surface area contributed by atoms with Crippen LogP contribution in [0.2, 0.25) is 0 Å². The van der Waals surface area contributed by atoms with Crippen LogP contribution in [-0.4, -0.2) is 46.1 Å². The van der Waals surface area contributed by atoms with Crippen LogP contribution in [0.25, 0.3) is 11.0 Å². The van der Waals surface area contributed by atoms with Crippen molar-refractivity contribution < 1.29 is 24.2 Å². The number of aromatic nitrogens is 2. The van der Waals surface area contributed by atoms with Gasteiger partial charge in [-0.15, -0.1) is 0 Å². The average Bonchev–Trinajstić information content (AvgIpc) is 3.12. The number of alkyl halides is 1. The van der Waals surface area contributed by atoms with Crippen molar-refractivity contribution in [2.75, 3.05) is 13.7 Å². The van der Waals surface area contributed by atoms with Crippen LogP contribution in [0.4, 0.5) is 4.39 Å². The average molecular weight is 432 g/mol. The van der Waals surface area contributed by atoms with Crippen LogP contribution in [0, 0.1) is 0 Å². The van der Waals surface area contributed by atoms with Gasteiger partial charge in [-0.2, -0.15) is 0 Å². The Morgan fingerprint density at radius 3 is 2.23 bits per heavy atom. The zero-order chi connectivity index (χ0) is 23.8. The van der Waals surface area contributed by atoms with E-state index in [0.717, 1.165) is 12.0 Å². The number of halogens is 1. The molecule has 0 atom stereocenters. The smallest absolute Gasteiger partial charge is 0.256 e. The molecule has 3 rings (SSSR count). The number of hydrogen-bond acceptors (Lipinski definition) is 6. The van der Waals surface area contributed by atoms with Crippen LogP contribution in [-0.2, 0) is 0 Å². The van der Waals surface area contributed by atoms with E-state index in [1.807, 2.05) is 58.1 Å². The summed E-state index contributed by atoms with van der Waals surface area (Å²) in [6, 6.07) is 0. The third-order valence-electron chi connectivity index (χ3n) is 3.78. The molecule has 1 aromatic heterocycles. The van der Waals surface area contributed by atoms with Crippen LogP contribution in [0.1, 0.15) is 54.8 Å². The van der Waals surface area contributed by atoms with Gasteiger partial charge >= 0.3 is 0 Å². The minimum absolute atomic E-state index is 0.0425. The lowest BCUT2D eigenvalue weighted by molar-refractivity contribution is 0.0948. The number of phenols is 2.